The van der Waals surface area contributed by atoms with E-state index in [9.17, 15) is 4.79 Å². The van der Waals surface area contributed by atoms with Gasteiger partial charge in [0.2, 0.25) is 5.91 Å². The molecule has 3 heteroatoms. The van der Waals surface area contributed by atoms with E-state index in [-0.39, 0.29) is 11.8 Å². The lowest BCUT2D eigenvalue weighted by Gasteiger charge is -2.05. The zero-order chi connectivity index (χ0) is 9.28. The normalized spacial score (nSPS) is 11.0. The highest BCUT2D eigenvalue weighted by atomic mass is 16.6. The van der Waals surface area contributed by atoms with E-state index in [1.165, 1.54) is 7.11 Å². The summed E-state index contributed by atoms with van der Waals surface area (Å²) in [6, 6.07) is 0. The van der Waals surface area contributed by atoms with Crippen LogP contribution in [0.25, 0.3) is 0 Å². The number of amides is 1. The van der Waals surface area contributed by atoms with E-state index in [1.807, 2.05) is 27.7 Å². The summed E-state index contributed by atoms with van der Waals surface area (Å²) in [7, 11) is 1.43. The second-order valence-electron chi connectivity index (χ2n) is 1.98. The third-order valence-corrected chi connectivity index (χ3v) is 1.26. The van der Waals surface area contributed by atoms with E-state index in [2.05, 4.69) is 10.3 Å². The minimum absolute atomic E-state index is 0.0462. The van der Waals surface area contributed by atoms with Gasteiger partial charge in [0.05, 0.1) is 7.11 Å². The molecule has 68 valence electrons. The Morgan fingerprint density at radius 2 is 2.00 bits per heavy atom. The van der Waals surface area contributed by atoms with Crippen LogP contribution < -0.4 is 5.48 Å². The Morgan fingerprint density at radius 3 is 2.27 bits per heavy atom. The van der Waals surface area contributed by atoms with Gasteiger partial charge in [0.25, 0.3) is 0 Å². The third-order valence-electron chi connectivity index (χ3n) is 1.26. The molecule has 0 rings (SSSR count). The predicted octanol–water partition coefficient (Wildman–Crippen LogP) is 1.74. The number of hydrogen-bond acceptors (Lipinski definition) is 2. The van der Waals surface area contributed by atoms with Crippen LogP contribution in [-0.2, 0) is 9.63 Å². The lowest BCUT2D eigenvalue weighted by atomic mass is 10.1. The minimum Gasteiger partial charge on any atom is -0.277 e. The van der Waals surface area contributed by atoms with Crippen molar-refractivity contribution in [2.45, 2.75) is 34.1 Å². The molecule has 0 radical (unpaired) electrons. The average Bonchev–Trinajstić information content (AvgIpc) is 2.07. The van der Waals surface area contributed by atoms with Gasteiger partial charge < -0.3 is 0 Å². The molecule has 1 atom stereocenters. The zero-order valence-electron chi connectivity index (χ0n) is 8.10. The molecule has 0 fully saturated rings. The molecule has 0 aliphatic rings. The summed E-state index contributed by atoms with van der Waals surface area (Å²) in [5, 5.41) is 0. The lowest BCUT2D eigenvalue weighted by molar-refractivity contribution is -0.135. The number of hydrogen-bond donors (Lipinski definition) is 1. The molecule has 0 bridgehead atoms. The predicted molar refractivity (Wildman–Crippen MR) is 46.0 cm³/mol. The fourth-order valence-electron chi connectivity index (χ4n) is 0.387. The van der Waals surface area contributed by atoms with Crippen molar-refractivity contribution < 1.29 is 9.63 Å². The Bertz CT molecular complexity index is 94.1. The highest BCUT2D eigenvalue weighted by Gasteiger charge is 2.07. The van der Waals surface area contributed by atoms with Gasteiger partial charge in [-0.05, 0) is 6.42 Å². The minimum atomic E-state index is -0.0556. The standard InChI is InChI=1S/C6H13NO2.C2H6/c1-4-5(2)6(8)7-9-3;1-2/h5H,4H2,1-3H3,(H,7,8);1-2H3. The lowest BCUT2D eigenvalue weighted by Crippen LogP contribution is -2.27. The third kappa shape index (κ3) is 7.33. The summed E-state index contributed by atoms with van der Waals surface area (Å²) < 4.78 is 0. The first-order chi connectivity index (χ1) is 5.22. The number of rotatable bonds is 3. The zero-order valence-corrected chi connectivity index (χ0v) is 8.10. The fourth-order valence-corrected chi connectivity index (χ4v) is 0.387. The van der Waals surface area contributed by atoms with Crippen molar-refractivity contribution in [1.29, 1.82) is 0 Å². The maximum absolute atomic E-state index is 10.7. The second-order valence-corrected chi connectivity index (χ2v) is 1.98. The topological polar surface area (TPSA) is 38.3 Å². The molecule has 0 aromatic heterocycles. The van der Waals surface area contributed by atoms with Crippen molar-refractivity contribution in [3.8, 4) is 0 Å². The molecule has 0 aliphatic carbocycles. The first kappa shape index (κ1) is 13.1. The Balaban J connectivity index is 0. The smallest absolute Gasteiger partial charge is 0.246 e. The van der Waals surface area contributed by atoms with Crippen LogP contribution in [0.15, 0.2) is 0 Å². The molecule has 1 unspecified atom stereocenters. The van der Waals surface area contributed by atoms with Gasteiger partial charge in [0.1, 0.15) is 0 Å². The average molecular weight is 161 g/mol. The van der Waals surface area contributed by atoms with Gasteiger partial charge in [0.15, 0.2) is 0 Å². The fraction of sp³-hybridized carbons (Fsp3) is 0.875. The van der Waals surface area contributed by atoms with Crippen LogP contribution in [0.3, 0.4) is 0 Å². The van der Waals surface area contributed by atoms with Gasteiger partial charge in [-0.3, -0.25) is 9.63 Å². The molecule has 0 heterocycles. The van der Waals surface area contributed by atoms with E-state index in [1.54, 1.807) is 0 Å². The summed E-state index contributed by atoms with van der Waals surface area (Å²) in [4.78, 5) is 15.2. The molecule has 11 heavy (non-hydrogen) atoms. The van der Waals surface area contributed by atoms with E-state index in [0.29, 0.717) is 0 Å². The monoisotopic (exact) mass is 161 g/mol. The summed E-state index contributed by atoms with van der Waals surface area (Å²) in [5.74, 6) is -0.00931. The molecule has 3 nitrogen and oxygen atoms in total. The van der Waals surface area contributed by atoms with Crippen molar-refractivity contribution in [2.75, 3.05) is 7.11 Å². The van der Waals surface area contributed by atoms with Crippen molar-refractivity contribution in [1.82, 2.24) is 5.48 Å². The Labute approximate surface area is 69.1 Å². The number of carbonyl (C=O) groups excluding carboxylic acids is 1. The Kier molecular flexibility index (Phi) is 11.2. The summed E-state index contributed by atoms with van der Waals surface area (Å²) in [6.45, 7) is 7.81. The van der Waals surface area contributed by atoms with Crippen molar-refractivity contribution >= 4 is 5.91 Å². The van der Waals surface area contributed by atoms with Crippen molar-refractivity contribution in [3.63, 3.8) is 0 Å². The van der Waals surface area contributed by atoms with E-state index < -0.39 is 0 Å². The van der Waals surface area contributed by atoms with Crippen LogP contribution >= 0.6 is 0 Å². The second kappa shape index (κ2) is 9.43. The van der Waals surface area contributed by atoms with E-state index in [4.69, 9.17) is 0 Å². The number of nitrogens with one attached hydrogen (secondary N) is 1. The van der Waals surface area contributed by atoms with Gasteiger partial charge in [-0.15, -0.1) is 0 Å². The molecule has 1 N–H and O–H groups in total. The van der Waals surface area contributed by atoms with Gasteiger partial charge in [-0.2, -0.15) is 0 Å². The van der Waals surface area contributed by atoms with E-state index >= 15 is 0 Å². The molecule has 0 saturated carbocycles. The van der Waals surface area contributed by atoms with Crippen molar-refractivity contribution in [3.05, 3.63) is 0 Å². The van der Waals surface area contributed by atoms with Gasteiger partial charge >= 0.3 is 0 Å². The molecule has 0 aromatic carbocycles. The van der Waals surface area contributed by atoms with Crippen LogP contribution in [0.5, 0.6) is 0 Å². The summed E-state index contributed by atoms with van der Waals surface area (Å²) in [6.07, 6.45) is 0.842. The van der Waals surface area contributed by atoms with Gasteiger partial charge in [-0.25, -0.2) is 5.48 Å². The maximum Gasteiger partial charge on any atom is 0.246 e. The molecular formula is C8H19NO2. The van der Waals surface area contributed by atoms with Crippen LogP contribution in [0.4, 0.5) is 0 Å². The summed E-state index contributed by atoms with van der Waals surface area (Å²) >= 11 is 0. The highest BCUT2D eigenvalue weighted by Crippen LogP contribution is 1.98. The molecule has 0 aromatic rings. The molecule has 1 amide bonds. The largest absolute Gasteiger partial charge is 0.277 e. The van der Waals surface area contributed by atoms with Gasteiger partial charge in [0, 0.05) is 5.92 Å². The van der Waals surface area contributed by atoms with Crippen LogP contribution in [0.2, 0.25) is 0 Å². The first-order valence-corrected chi connectivity index (χ1v) is 4.05. The molecular weight excluding hydrogens is 142 g/mol. The van der Waals surface area contributed by atoms with Gasteiger partial charge in [-0.1, -0.05) is 27.7 Å². The number of hydroxylamine groups is 1. The number of carbonyl (C=O) groups is 1. The van der Waals surface area contributed by atoms with Crippen molar-refractivity contribution in [2.24, 2.45) is 5.92 Å². The van der Waals surface area contributed by atoms with E-state index in [0.717, 1.165) is 6.42 Å². The molecule has 0 saturated heterocycles. The van der Waals surface area contributed by atoms with Crippen LogP contribution in [-0.4, -0.2) is 13.0 Å². The molecule has 0 spiro atoms. The van der Waals surface area contributed by atoms with Crippen LogP contribution in [0, 0.1) is 5.92 Å². The molecule has 0 aliphatic heterocycles. The first-order valence-electron chi connectivity index (χ1n) is 4.05. The Morgan fingerprint density at radius 1 is 1.55 bits per heavy atom. The SMILES string of the molecule is CC.CCC(C)C(=O)NOC. The highest BCUT2D eigenvalue weighted by molar-refractivity contribution is 5.76. The quantitative estimate of drug-likeness (QED) is 0.640. The van der Waals surface area contributed by atoms with Crippen LogP contribution in [0.1, 0.15) is 34.1 Å². The maximum atomic E-state index is 10.7. The Hall–Kier alpha value is -0.570. The summed E-state index contributed by atoms with van der Waals surface area (Å²) in [5.41, 5.74) is 2.26.